The van der Waals surface area contributed by atoms with Crippen molar-refractivity contribution in [1.29, 1.82) is 0 Å². The van der Waals surface area contributed by atoms with Gasteiger partial charge in [-0.15, -0.1) is 0 Å². The van der Waals surface area contributed by atoms with E-state index in [1.807, 2.05) is 0 Å². The molecule has 0 aromatic heterocycles. The molecular formula is C11H15NO5. The topological polar surface area (TPSA) is 89.5 Å². The van der Waals surface area contributed by atoms with Gasteiger partial charge in [-0.2, -0.15) is 0 Å². The van der Waals surface area contributed by atoms with E-state index < -0.39 is 34.9 Å². The highest BCUT2D eigenvalue weighted by molar-refractivity contribution is 6.12. The van der Waals surface area contributed by atoms with Crippen LogP contribution in [-0.4, -0.2) is 30.2 Å². The molecule has 2 atom stereocenters. The van der Waals surface area contributed by atoms with Crippen LogP contribution in [0.15, 0.2) is 0 Å². The van der Waals surface area contributed by atoms with Gasteiger partial charge in [-0.25, -0.2) is 0 Å². The lowest BCUT2D eigenvalue weighted by Gasteiger charge is -2.28. The molecule has 1 fully saturated rings. The number of carbonyl (C=O) groups is 4. The van der Waals surface area contributed by atoms with E-state index in [0.717, 1.165) is 0 Å². The molecule has 6 nitrogen and oxygen atoms in total. The van der Waals surface area contributed by atoms with E-state index in [0.29, 0.717) is 0 Å². The lowest BCUT2D eigenvalue weighted by atomic mass is 9.73. The number of hydrogen-bond acceptors (Lipinski definition) is 5. The van der Waals surface area contributed by atoms with Gasteiger partial charge >= 0.3 is 5.97 Å². The average molecular weight is 241 g/mol. The van der Waals surface area contributed by atoms with Gasteiger partial charge in [0.2, 0.25) is 11.8 Å². The summed E-state index contributed by atoms with van der Waals surface area (Å²) >= 11 is 0. The zero-order chi connectivity index (χ0) is 13.2. The van der Waals surface area contributed by atoms with Gasteiger partial charge in [-0.1, -0.05) is 0 Å². The number of carbonyl (C=O) groups excluding carboxylic acids is 4. The molecule has 0 aromatic rings. The Bertz CT molecular complexity index is 389. The first kappa shape index (κ1) is 13.3. The molecule has 1 heterocycles. The van der Waals surface area contributed by atoms with Crippen molar-refractivity contribution in [1.82, 2.24) is 5.32 Å². The average Bonchev–Trinajstić information content (AvgIpc) is 2.57. The van der Waals surface area contributed by atoms with E-state index in [9.17, 15) is 19.2 Å². The minimum atomic E-state index is -1.59. The highest BCUT2D eigenvalue weighted by Gasteiger charge is 2.53. The Hall–Kier alpha value is -1.72. The Morgan fingerprint density at radius 1 is 1.47 bits per heavy atom. The molecule has 1 rings (SSSR count). The van der Waals surface area contributed by atoms with Crippen LogP contribution in [0, 0.1) is 11.3 Å². The third-order valence-corrected chi connectivity index (χ3v) is 3.10. The van der Waals surface area contributed by atoms with E-state index in [2.05, 4.69) is 5.32 Å². The summed E-state index contributed by atoms with van der Waals surface area (Å²) in [6.07, 6.45) is -0.159. The van der Waals surface area contributed by atoms with E-state index >= 15 is 0 Å². The van der Waals surface area contributed by atoms with Crippen LogP contribution < -0.4 is 5.32 Å². The first-order valence-corrected chi connectivity index (χ1v) is 5.36. The minimum Gasteiger partial charge on any atom is -0.465 e. The number of esters is 1. The molecule has 0 radical (unpaired) electrons. The second kappa shape index (κ2) is 4.65. The van der Waals surface area contributed by atoms with Gasteiger partial charge in [0.05, 0.1) is 12.5 Å². The van der Waals surface area contributed by atoms with E-state index in [1.165, 1.54) is 13.8 Å². The van der Waals surface area contributed by atoms with Crippen LogP contribution in [0.1, 0.15) is 27.2 Å². The van der Waals surface area contributed by atoms with Crippen molar-refractivity contribution in [3.8, 4) is 0 Å². The molecule has 1 aliphatic heterocycles. The maximum absolute atomic E-state index is 11.8. The number of hydrogen-bond donors (Lipinski definition) is 1. The monoisotopic (exact) mass is 241 g/mol. The third kappa shape index (κ3) is 2.20. The van der Waals surface area contributed by atoms with E-state index in [4.69, 9.17) is 4.74 Å². The number of rotatable bonds is 4. The highest BCUT2D eigenvalue weighted by atomic mass is 16.5. The first-order chi connectivity index (χ1) is 7.83. The summed E-state index contributed by atoms with van der Waals surface area (Å²) in [4.78, 5) is 46.1. The van der Waals surface area contributed by atoms with Crippen LogP contribution in [0.4, 0.5) is 0 Å². The fourth-order valence-electron chi connectivity index (χ4n) is 1.83. The molecule has 2 unspecified atom stereocenters. The predicted octanol–water partition coefficient (Wildman–Crippen LogP) is -0.193. The molecular weight excluding hydrogens is 226 g/mol. The minimum absolute atomic E-state index is 0.115. The van der Waals surface area contributed by atoms with Crippen molar-refractivity contribution in [2.45, 2.75) is 27.2 Å². The van der Waals surface area contributed by atoms with Gasteiger partial charge in [0.25, 0.3) is 0 Å². The predicted molar refractivity (Wildman–Crippen MR) is 56.7 cm³/mol. The summed E-state index contributed by atoms with van der Waals surface area (Å²) < 4.78 is 4.81. The molecule has 1 N–H and O–H groups in total. The highest BCUT2D eigenvalue weighted by Crippen LogP contribution is 2.35. The van der Waals surface area contributed by atoms with Gasteiger partial charge < -0.3 is 4.74 Å². The largest absolute Gasteiger partial charge is 0.465 e. The normalized spacial score (nSPS) is 22.9. The lowest BCUT2D eigenvalue weighted by molar-refractivity contribution is -0.164. The van der Waals surface area contributed by atoms with Crippen molar-refractivity contribution >= 4 is 23.6 Å². The van der Waals surface area contributed by atoms with Crippen molar-refractivity contribution in [2.24, 2.45) is 11.3 Å². The number of imide groups is 1. The van der Waals surface area contributed by atoms with Crippen molar-refractivity contribution in [3.63, 3.8) is 0 Å². The third-order valence-electron chi connectivity index (χ3n) is 3.10. The molecule has 17 heavy (non-hydrogen) atoms. The zero-order valence-electron chi connectivity index (χ0n) is 10.0. The molecule has 94 valence electrons. The Morgan fingerprint density at radius 3 is 2.41 bits per heavy atom. The first-order valence-electron chi connectivity index (χ1n) is 5.36. The molecule has 6 heteroatoms. The van der Waals surface area contributed by atoms with Gasteiger partial charge in [0.1, 0.15) is 11.2 Å². The van der Waals surface area contributed by atoms with Gasteiger partial charge in [0, 0.05) is 6.42 Å². The smallest absolute Gasteiger partial charge is 0.320 e. The van der Waals surface area contributed by atoms with Crippen LogP contribution in [0.3, 0.4) is 0 Å². The summed E-state index contributed by atoms with van der Waals surface area (Å²) in [6.45, 7) is 4.28. The Morgan fingerprint density at radius 2 is 2.06 bits per heavy atom. The molecule has 0 spiro atoms. The van der Waals surface area contributed by atoms with Crippen molar-refractivity contribution in [3.05, 3.63) is 0 Å². The number of nitrogens with one attached hydrogen (secondary N) is 1. The molecule has 2 amide bonds. The molecule has 0 bridgehead atoms. The number of amides is 2. The Kier molecular flexibility index (Phi) is 3.65. The van der Waals surface area contributed by atoms with Crippen LogP contribution in [-0.2, 0) is 23.9 Å². The summed E-state index contributed by atoms with van der Waals surface area (Å²) in [5.41, 5.74) is -1.59. The maximum atomic E-state index is 11.8. The van der Waals surface area contributed by atoms with Gasteiger partial charge in [-0.3, -0.25) is 24.5 Å². The SMILES string of the molecule is CCOC(=O)C(C)(C(C)=O)C1CC(=O)NC1=O. The van der Waals surface area contributed by atoms with Crippen molar-refractivity contribution in [2.75, 3.05) is 6.61 Å². The molecule has 0 saturated carbocycles. The van der Waals surface area contributed by atoms with Crippen molar-refractivity contribution < 1.29 is 23.9 Å². The second-order valence-electron chi connectivity index (χ2n) is 4.15. The number of ketones is 1. The Balaban J connectivity index is 3.08. The van der Waals surface area contributed by atoms with Crippen LogP contribution in [0.25, 0.3) is 0 Å². The van der Waals surface area contributed by atoms with Gasteiger partial charge in [-0.05, 0) is 20.8 Å². The van der Waals surface area contributed by atoms with Crippen LogP contribution >= 0.6 is 0 Å². The Labute approximate surface area is 98.7 Å². The molecule has 0 aliphatic carbocycles. The number of Topliss-reactive ketones (excluding diaryl/α,β-unsaturated/α-hetero) is 1. The van der Waals surface area contributed by atoms with Crippen LogP contribution in [0.2, 0.25) is 0 Å². The second-order valence-corrected chi connectivity index (χ2v) is 4.15. The summed E-state index contributed by atoms with van der Waals surface area (Å²) in [6, 6.07) is 0. The fourth-order valence-corrected chi connectivity index (χ4v) is 1.83. The summed E-state index contributed by atoms with van der Waals surface area (Å²) in [5, 5.41) is 2.09. The summed E-state index contributed by atoms with van der Waals surface area (Å²) in [5.74, 6) is -3.29. The summed E-state index contributed by atoms with van der Waals surface area (Å²) in [7, 11) is 0. The molecule has 0 aromatic carbocycles. The zero-order valence-corrected chi connectivity index (χ0v) is 10.0. The van der Waals surface area contributed by atoms with Gasteiger partial charge in [0.15, 0.2) is 0 Å². The molecule has 1 saturated heterocycles. The van der Waals surface area contributed by atoms with E-state index in [1.54, 1.807) is 6.92 Å². The number of ether oxygens (including phenoxy) is 1. The fraction of sp³-hybridized carbons (Fsp3) is 0.636. The van der Waals surface area contributed by atoms with Crippen LogP contribution in [0.5, 0.6) is 0 Å². The maximum Gasteiger partial charge on any atom is 0.320 e. The molecule has 1 aliphatic rings. The standard InChI is InChI=1S/C11H15NO5/c1-4-17-10(16)11(3,6(2)13)7-5-8(14)12-9(7)15/h7H,4-5H2,1-3H3,(H,12,14,15). The lowest BCUT2D eigenvalue weighted by Crippen LogP contribution is -2.46. The quantitative estimate of drug-likeness (QED) is 0.418. The van der Waals surface area contributed by atoms with E-state index in [-0.39, 0.29) is 13.0 Å².